The highest BCUT2D eigenvalue weighted by Gasteiger charge is 2.26. The van der Waals surface area contributed by atoms with Crippen LogP contribution in [0.3, 0.4) is 0 Å². The highest BCUT2D eigenvalue weighted by atomic mass is 32.2. The van der Waals surface area contributed by atoms with Gasteiger partial charge in [0.15, 0.2) is 0 Å². The number of methoxy groups -OCH3 is 1. The lowest BCUT2D eigenvalue weighted by Gasteiger charge is -2.22. The monoisotopic (exact) mass is 570 g/mol. The predicted octanol–water partition coefficient (Wildman–Crippen LogP) is 3.65. The normalized spacial score (nSPS) is 13.2. The van der Waals surface area contributed by atoms with Crippen LogP contribution in [0.4, 0.5) is 9.59 Å². The minimum atomic E-state index is -4.19. The number of aryl methyl sites for hydroxylation is 1. The molecular formula is C26H42N4O8S. The molecule has 0 aromatic heterocycles. The standard InChI is InChI=1S/C26H42N4O8S/c1-16-14-20(36-10)17(2)18(3)21(16)39(34,35)30-22(29-24(33)38-26(7,8)9)27-13-11-12-19(15-31)28-23(32)37-25(4,5)6/h14-15,19H,11-13H2,1-10H3,(H,28,32)(H2,27,29,30,33)/t19-/m0/s1. The van der Waals surface area contributed by atoms with E-state index < -0.39 is 39.5 Å². The van der Waals surface area contributed by atoms with Gasteiger partial charge in [-0.1, -0.05) is 0 Å². The van der Waals surface area contributed by atoms with Gasteiger partial charge in [-0.15, -0.1) is 0 Å². The number of sulfonamides is 1. The smallest absolute Gasteiger partial charge is 0.414 e. The number of rotatable bonds is 9. The summed E-state index contributed by atoms with van der Waals surface area (Å²) in [5, 5.41) is 4.82. The lowest BCUT2D eigenvalue weighted by Crippen LogP contribution is -2.46. The van der Waals surface area contributed by atoms with Crippen LogP contribution >= 0.6 is 0 Å². The molecule has 0 saturated heterocycles. The third-order valence-corrected chi connectivity index (χ3v) is 6.75. The zero-order chi connectivity index (χ0) is 30.2. The average Bonchev–Trinajstić information content (AvgIpc) is 2.75. The molecule has 0 aliphatic rings. The molecule has 2 amide bonds. The zero-order valence-corrected chi connectivity index (χ0v) is 25.3. The van der Waals surface area contributed by atoms with Gasteiger partial charge in [0, 0.05) is 6.54 Å². The topological polar surface area (TPSA) is 161 Å². The Bertz CT molecular complexity index is 1180. The summed E-state index contributed by atoms with van der Waals surface area (Å²) in [5.41, 5.74) is 0.0257. The number of carbonyl (C=O) groups is 3. The largest absolute Gasteiger partial charge is 0.496 e. The Kier molecular flexibility index (Phi) is 11.8. The minimum absolute atomic E-state index is 0.0214. The fraction of sp³-hybridized carbons (Fsp3) is 0.615. The van der Waals surface area contributed by atoms with Crippen molar-refractivity contribution >= 4 is 34.5 Å². The number of hydrogen-bond acceptors (Lipinski definition) is 9. The predicted molar refractivity (Wildman–Crippen MR) is 148 cm³/mol. The number of carbonyl (C=O) groups excluding carboxylic acids is 3. The number of guanidine groups is 1. The van der Waals surface area contributed by atoms with Crippen molar-refractivity contribution in [2.24, 2.45) is 4.99 Å². The van der Waals surface area contributed by atoms with Gasteiger partial charge in [-0.05, 0) is 97.9 Å². The Labute approximate surface area is 231 Å². The average molecular weight is 571 g/mol. The summed E-state index contributed by atoms with van der Waals surface area (Å²) in [6, 6.07) is 0.785. The second-order valence-corrected chi connectivity index (χ2v) is 12.6. The molecule has 0 radical (unpaired) electrons. The molecule has 1 rings (SSSR count). The van der Waals surface area contributed by atoms with Crippen molar-refractivity contribution in [1.29, 1.82) is 0 Å². The molecule has 1 aromatic carbocycles. The summed E-state index contributed by atoms with van der Waals surface area (Å²) in [5.74, 6) is 0.203. The highest BCUT2D eigenvalue weighted by molar-refractivity contribution is 7.90. The zero-order valence-electron chi connectivity index (χ0n) is 24.5. The summed E-state index contributed by atoms with van der Waals surface area (Å²) in [6.07, 6.45) is -0.577. The Morgan fingerprint density at radius 2 is 1.56 bits per heavy atom. The minimum Gasteiger partial charge on any atom is -0.496 e. The van der Waals surface area contributed by atoms with Gasteiger partial charge in [0.2, 0.25) is 5.96 Å². The molecule has 0 unspecified atom stereocenters. The molecule has 0 heterocycles. The van der Waals surface area contributed by atoms with E-state index in [1.54, 1.807) is 68.4 Å². The third-order valence-electron chi connectivity index (χ3n) is 5.13. The van der Waals surface area contributed by atoms with Gasteiger partial charge >= 0.3 is 12.2 Å². The van der Waals surface area contributed by atoms with Gasteiger partial charge in [0.05, 0.1) is 18.0 Å². The second-order valence-electron chi connectivity index (χ2n) is 11.0. The third kappa shape index (κ3) is 11.5. The molecular weight excluding hydrogens is 528 g/mol. The summed E-state index contributed by atoms with van der Waals surface area (Å²) < 4.78 is 44.8. The summed E-state index contributed by atoms with van der Waals surface area (Å²) in [6.45, 7) is 15.2. The van der Waals surface area contributed by atoms with Gasteiger partial charge in [-0.25, -0.2) is 22.7 Å². The number of ether oxygens (including phenoxy) is 3. The first kappa shape index (κ1) is 33.7. The first-order valence-electron chi connectivity index (χ1n) is 12.5. The van der Waals surface area contributed by atoms with Crippen LogP contribution in [0.1, 0.15) is 71.1 Å². The number of aldehydes is 1. The quantitative estimate of drug-likeness (QED) is 0.175. The summed E-state index contributed by atoms with van der Waals surface area (Å²) >= 11 is 0. The van der Waals surface area contributed by atoms with E-state index in [0.717, 1.165) is 0 Å². The van der Waals surface area contributed by atoms with Gasteiger partial charge in [0.1, 0.15) is 23.2 Å². The molecule has 0 fully saturated rings. The Morgan fingerprint density at radius 3 is 2.08 bits per heavy atom. The lowest BCUT2D eigenvalue weighted by atomic mass is 10.1. The fourth-order valence-electron chi connectivity index (χ4n) is 3.46. The Hall–Kier alpha value is -3.35. The number of amides is 2. The molecule has 0 aliphatic heterocycles. The molecule has 0 aliphatic carbocycles. The maximum absolute atomic E-state index is 13.4. The Balaban J connectivity index is 3.13. The van der Waals surface area contributed by atoms with Gasteiger partial charge < -0.3 is 24.3 Å². The summed E-state index contributed by atoms with van der Waals surface area (Å²) in [4.78, 5) is 40.0. The summed E-state index contributed by atoms with van der Waals surface area (Å²) in [7, 11) is -2.68. The van der Waals surface area contributed by atoms with E-state index in [1.807, 2.05) is 0 Å². The first-order valence-corrected chi connectivity index (χ1v) is 13.9. The van der Waals surface area contributed by atoms with Crippen molar-refractivity contribution in [3.8, 4) is 5.75 Å². The van der Waals surface area contributed by atoms with E-state index in [1.165, 1.54) is 7.11 Å². The van der Waals surface area contributed by atoms with Crippen LogP contribution in [0.25, 0.3) is 0 Å². The maximum Gasteiger partial charge on any atom is 0.414 e. The van der Waals surface area contributed by atoms with Crippen molar-refractivity contribution in [3.63, 3.8) is 0 Å². The van der Waals surface area contributed by atoms with Gasteiger partial charge in [-0.3, -0.25) is 10.3 Å². The number of aliphatic imine (C=N–C) groups is 1. The van der Waals surface area contributed by atoms with Crippen LogP contribution < -0.4 is 20.1 Å². The van der Waals surface area contributed by atoms with Crippen LogP contribution in [-0.4, -0.2) is 63.7 Å². The van der Waals surface area contributed by atoms with Crippen molar-refractivity contribution in [2.45, 2.75) is 97.3 Å². The van der Waals surface area contributed by atoms with Crippen LogP contribution in [0, 0.1) is 20.8 Å². The van der Waals surface area contributed by atoms with E-state index in [4.69, 9.17) is 14.2 Å². The SMILES string of the molecule is COc1cc(C)c(S(=O)(=O)NC(=NCCC[C@@H](C=O)NC(=O)OC(C)(C)C)NC(=O)OC(C)(C)C)c(C)c1C. The van der Waals surface area contributed by atoms with Crippen molar-refractivity contribution < 1.29 is 37.0 Å². The molecule has 1 atom stereocenters. The maximum atomic E-state index is 13.4. The number of hydrogen-bond donors (Lipinski definition) is 3. The van der Waals surface area contributed by atoms with E-state index in [2.05, 4.69) is 20.3 Å². The number of benzene rings is 1. The molecule has 220 valence electrons. The number of nitrogens with one attached hydrogen (secondary N) is 3. The molecule has 1 aromatic rings. The first-order chi connectivity index (χ1) is 17.8. The molecule has 12 nitrogen and oxygen atoms in total. The number of nitrogens with zero attached hydrogens (tertiary/aromatic N) is 1. The van der Waals surface area contributed by atoms with Crippen LogP contribution in [-0.2, 0) is 24.3 Å². The van der Waals surface area contributed by atoms with E-state index >= 15 is 0 Å². The molecule has 13 heteroatoms. The van der Waals surface area contributed by atoms with Crippen molar-refractivity contribution in [1.82, 2.24) is 15.4 Å². The fourth-order valence-corrected chi connectivity index (χ4v) is 4.97. The van der Waals surface area contributed by atoms with Crippen LogP contribution in [0.15, 0.2) is 16.0 Å². The van der Waals surface area contributed by atoms with E-state index in [-0.39, 0.29) is 30.2 Å². The Morgan fingerprint density at radius 1 is 1.00 bits per heavy atom. The lowest BCUT2D eigenvalue weighted by molar-refractivity contribution is -0.109. The van der Waals surface area contributed by atoms with E-state index in [9.17, 15) is 22.8 Å². The molecule has 0 saturated carbocycles. The van der Waals surface area contributed by atoms with Crippen molar-refractivity contribution in [2.75, 3.05) is 13.7 Å². The van der Waals surface area contributed by atoms with Crippen LogP contribution in [0.2, 0.25) is 0 Å². The second kappa shape index (κ2) is 13.6. The number of alkyl carbamates (subject to hydrolysis) is 2. The van der Waals surface area contributed by atoms with Gasteiger partial charge in [-0.2, -0.15) is 0 Å². The van der Waals surface area contributed by atoms with Crippen molar-refractivity contribution in [3.05, 3.63) is 22.8 Å². The van der Waals surface area contributed by atoms with E-state index in [0.29, 0.717) is 28.7 Å². The van der Waals surface area contributed by atoms with Crippen LogP contribution in [0.5, 0.6) is 5.75 Å². The molecule has 3 N–H and O–H groups in total. The molecule has 0 bridgehead atoms. The molecule has 39 heavy (non-hydrogen) atoms. The van der Waals surface area contributed by atoms with Gasteiger partial charge in [0.25, 0.3) is 10.0 Å². The highest BCUT2D eigenvalue weighted by Crippen LogP contribution is 2.30. The molecule has 0 spiro atoms.